The van der Waals surface area contributed by atoms with E-state index in [0.717, 1.165) is 12.0 Å². The van der Waals surface area contributed by atoms with E-state index < -0.39 is 6.10 Å². The van der Waals surface area contributed by atoms with Crippen LogP contribution in [0.3, 0.4) is 0 Å². The van der Waals surface area contributed by atoms with E-state index in [-0.39, 0.29) is 24.1 Å². The minimum Gasteiger partial charge on any atom is -0.508 e. The molecule has 0 fully saturated rings. The summed E-state index contributed by atoms with van der Waals surface area (Å²) in [6, 6.07) is 14.7. The summed E-state index contributed by atoms with van der Waals surface area (Å²) < 4.78 is 0. The van der Waals surface area contributed by atoms with Crippen molar-refractivity contribution in [2.75, 3.05) is 13.6 Å². The number of phenols is 1. The lowest BCUT2D eigenvalue weighted by atomic mass is 9.96. The molecule has 0 saturated carbocycles. The van der Waals surface area contributed by atoms with E-state index in [1.54, 1.807) is 30.1 Å². The van der Waals surface area contributed by atoms with Crippen LogP contribution < -0.4 is 0 Å². The highest BCUT2D eigenvalue weighted by atomic mass is 16.3. The van der Waals surface area contributed by atoms with Gasteiger partial charge in [-0.25, -0.2) is 0 Å². The number of hydrogen-bond acceptors (Lipinski definition) is 3. The predicted molar refractivity (Wildman–Crippen MR) is 104 cm³/mol. The maximum atomic E-state index is 12.7. The zero-order valence-electron chi connectivity index (χ0n) is 16.0. The van der Waals surface area contributed by atoms with Crippen molar-refractivity contribution < 1.29 is 15.0 Å². The molecule has 2 aromatic rings. The fraction of sp³-hybridized carbons (Fsp3) is 0.409. The molecule has 0 aliphatic carbocycles. The molecule has 4 nitrogen and oxygen atoms in total. The van der Waals surface area contributed by atoms with Crippen LogP contribution >= 0.6 is 0 Å². The molecule has 0 aliphatic rings. The van der Waals surface area contributed by atoms with Gasteiger partial charge in [0.05, 0.1) is 18.6 Å². The smallest absolute Gasteiger partial charge is 0.229 e. The number of carbonyl (C=O) groups is 1. The summed E-state index contributed by atoms with van der Waals surface area (Å²) in [4.78, 5) is 14.2. The van der Waals surface area contributed by atoms with Gasteiger partial charge < -0.3 is 15.1 Å². The Morgan fingerprint density at radius 2 is 1.69 bits per heavy atom. The highest BCUT2D eigenvalue weighted by Gasteiger charge is 2.22. The summed E-state index contributed by atoms with van der Waals surface area (Å²) in [6.45, 7) is 6.44. The maximum Gasteiger partial charge on any atom is 0.229 e. The third-order valence-electron chi connectivity index (χ3n) is 4.57. The molecule has 0 radical (unpaired) electrons. The highest BCUT2D eigenvalue weighted by Crippen LogP contribution is 2.22. The van der Waals surface area contributed by atoms with Crippen LogP contribution in [0.1, 0.15) is 49.5 Å². The summed E-state index contributed by atoms with van der Waals surface area (Å²) in [5, 5.41) is 19.9. The summed E-state index contributed by atoms with van der Waals surface area (Å²) in [7, 11) is 1.69. The van der Waals surface area contributed by atoms with E-state index >= 15 is 0 Å². The Bertz CT molecular complexity index is 724. The number of aliphatic hydroxyl groups is 1. The van der Waals surface area contributed by atoms with Crippen molar-refractivity contribution in [3.05, 3.63) is 65.2 Å². The standard InChI is InChI=1S/C22H29NO3/c1-15(2)12-17-8-10-18(11-9-17)16(3)22(26)23(4)14-21(25)19-6-5-7-20(24)13-19/h5-11,13,15-16,21,24-25H,12,14H2,1-4H3/t16?,21-/m0/s1. The molecule has 0 aliphatic heterocycles. The average Bonchev–Trinajstić information content (AvgIpc) is 2.60. The molecule has 0 aromatic heterocycles. The van der Waals surface area contributed by atoms with E-state index in [9.17, 15) is 15.0 Å². The molecule has 2 rings (SSSR count). The third-order valence-corrected chi connectivity index (χ3v) is 4.57. The van der Waals surface area contributed by atoms with Crippen molar-refractivity contribution in [2.24, 2.45) is 5.92 Å². The van der Waals surface area contributed by atoms with Crippen molar-refractivity contribution in [3.63, 3.8) is 0 Å². The second-order valence-corrected chi connectivity index (χ2v) is 7.39. The number of rotatable bonds is 7. The molecule has 0 bridgehead atoms. The van der Waals surface area contributed by atoms with Crippen LogP contribution in [0.2, 0.25) is 0 Å². The Labute approximate surface area is 156 Å². The van der Waals surface area contributed by atoms with Crippen LogP contribution in [0.5, 0.6) is 5.75 Å². The molecule has 1 unspecified atom stereocenters. The van der Waals surface area contributed by atoms with Crippen molar-refractivity contribution >= 4 is 5.91 Å². The van der Waals surface area contributed by atoms with Gasteiger partial charge in [-0.2, -0.15) is 0 Å². The number of carbonyl (C=O) groups excluding carboxylic acids is 1. The first-order chi connectivity index (χ1) is 12.3. The summed E-state index contributed by atoms with van der Waals surface area (Å²) in [5.41, 5.74) is 2.84. The van der Waals surface area contributed by atoms with Gasteiger partial charge in [0.15, 0.2) is 0 Å². The van der Waals surface area contributed by atoms with E-state index in [1.807, 2.05) is 19.1 Å². The largest absolute Gasteiger partial charge is 0.508 e. The molecule has 0 heterocycles. The fourth-order valence-corrected chi connectivity index (χ4v) is 3.07. The normalized spacial score (nSPS) is 13.5. The van der Waals surface area contributed by atoms with E-state index in [4.69, 9.17) is 0 Å². The first kappa shape index (κ1) is 20.0. The Balaban J connectivity index is 2.00. The number of hydrogen-bond donors (Lipinski definition) is 2. The number of aromatic hydroxyl groups is 1. The highest BCUT2D eigenvalue weighted by molar-refractivity contribution is 5.83. The molecular formula is C22H29NO3. The van der Waals surface area contributed by atoms with Crippen LogP contribution in [0, 0.1) is 5.92 Å². The summed E-state index contributed by atoms with van der Waals surface area (Å²) in [5.74, 6) is 0.389. The Kier molecular flexibility index (Phi) is 6.81. The van der Waals surface area contributed by atoms with Gasteiger partial charge in [-0.3, -0.25) is 4.79 Å². The molecule has 4 heteroatoms. The molecule has 140 valence electrons. The molecule has 2 atom stereocenters. The van der Waals surface area contributed by atoms with Gasteiger partial charge in [0.1, 0.15) is 5.75 Å². The van der Waals surface area contributed by atoms with E-state index in [2.05, 4.69) is 26.0 Å². The van der Waals surface area contributed by atoms with Crippen molar-refractivity contribution in [3.8, 4) is 5.75 Å². The van der Waals surface area contributed by atoms with Crippen molar-refractivity contribution in [2.45, 2.75) is 39.2 Å². The minimum absolute atomic E-state index is 0.0409. The quantitative estimate of drug-likeness (QED) is 0.792. The second-order valence-electron chi connectivity index (χ2n) is 7.39. The number of nitrogens with zero attached hydrogens (tertiary/aromatic N) is 1. The lowest BCUT2D eigenvalue weighted by Gasteiger charge is -2.24. The van der Waals surface area contributed by atoms with E-state index in [1.165, 1.54) is 11.6 Å². The minimum atomic E-state index is -0.836. The molecular weight excluding hydrogens is 326 g/mol. The van der Waals surface area contributed by atoms with E-state index in [0.29, 0.717) is 11.5 Å². The van der Waals surface area contributed by atoms with Gasteiger partial charge in [0.2, 0.25) is 5.91 Å². The second kappa shape index (κ2) is 8.86. The zero-order valence-corrected chi connectivity index (χ0v) is 16.0. The molecule has 2 aromatic carbocycles. The zero-order chi connectivity index (χ0) is 19.3. The molecule has 2 N–H and O–H groups in total. The van der Waals surface area contributed by atoms with Crippen molar-refractivity contribution in [1.82, 2.24) is 4.90 Å². The number of phenolic OH excluding ortho intramolecular Hbond substituents is 1. The summed E-state index contributed by atoms with van der Waals surface area (Å²) >= 11 is 0. The van der Waals surface area contributed by atoms with Gasteiger partial charge in [0.25, 0.3) is 0 Å². The van der Waals surface area contributed by atoms with Gasteiger partial charge in [-0.1, -0.05) is 50.2 Å². The van der Waals surface area contributed by atoms with Crippen LogP contribution in [0.4, 0.5) is 0 Å². The molecule has 26 heavy (non-hydrogen) atoms. The Morgan fingerprint density at radius 1 is 1.04 bits per heavy atom. The fourth-order valence-electron chi connectivity index (χ4n) is 3.07. The van der Waals surface area contributed by atoms with Gasteiger partial charge in [-0.05, 0) is 48.1 Å². The average molecular weight is 355 g/mol. The SMILES string of the molecule is CC(C)Cc1ccc(C(C)C(=O)N(C)C[C@H](O)c2cccc(O)c2)cc1. The summed E-state index contributed by atoms with van der Waals surface area (Å²) in [6.07, 6.45) is 0.190. The number of likely N-dealkylation sites (N-methyl/N-ethyl adjacent to an activating group) is 1. The lowest BCUT2D eigenvalue weighted by molar-refractivity contribution is -0.132. The van der Waals surface area contributed by atoms with Gasteiger partial charge >= 0.3 is 0 Å². The first-order valence-electron chi connectivity index (χ1n) is 9.08. The maximum absolute atomic E-state index is 12.7. The lowest BCUT2D eigenvalue weighted by Crippen LogP contribution is -2.34. The Morgan fingerprint density at radius 3 is 2.27 bits per heavy atom. The van der Waals surface area contributed by atoms with Crippen LogP contribution in [-0.2, 0) is 11.2 Å². The first-order valence-corrected chi connectivity index (χ1v) is 9.08. The number of amides is 1. The van der Waals surface area contributed by atoms with Crippen LogP contribution in [0.15, 0.2) is 48.5 Å². The predicted octanol–water partition coefficient (Wildman–Crippen LogP) is 3.89. The van der Waals surface area contributed by atoms with Gasteiger partial charge in [-0.15, -0.1) is 0 Å². The topological polar surface area (TPSA) is 60.8 Å². The monoisotopic (exact) mass is 355 g/mol. The van der Waals surface area contributed by atoms with Gasteiger partial charge in [0, 0.05) is 7.05 Å². The molecule has 0 spiro atoms. The van der Waals surface area contributed by atoms with Crippen LogP contribution in [0.25, 0.3) is 0 Å². The van der Waals surface area contributed by atoms with Crippen molar-refractivity contribution in [1.29, 1.82) is 0 Å². The number of benzene rings is 2. The molecule has 1 amide bonds. The molecule has 0 saturated heterocycles. The third kappa shape index (κ3) is 5.33. The Hall–Kier alpha value is -2.33. The van der Waals surface area contributed by atoms with Crippen LogP contribution in [-0.4, -0.2) is 34.6 Å². The number of aliphatic hydroxyl groups excluding tert-OH is 1.